The molecular weight excluding hydrogens is 142 g/mol. The van der Waals surface area contributed by atoms with Crippen molar-refractivity contribution in [2.75, 3.05) is 5.73 Å². The Kier molecular flexibility index (Phi) is 2.06. The zero-order chi connectivity index (χ0) is 8.27. The third kappa shape index (κ3) is 1.46. The Morgan fingerprint density at radius 1 is 1.73 bits per heavy atom. The Hall–Kier alpha value is -1.58. The molecule has 0 radical (unpaired) electrons. The fourth-order valence-corrected chi connectivity index (χ4v) is 0.712. The molecule has 1 aromatic rings. The lowest BCUT2D eigenvalue weighted by Gasteiger charge is -1.80. The van der Waals surface area contributed by atoms with Gasteiger partial charge in [0.25, 0.3) is 0 Å². The molecule has 0 atom stereocenters. The lowest BCUT2D eigenvalue weighted by molar-refractivity contribution is -0.365. The van der Waals surface area contributed by atoms with Crippen LogP contribution in [-0.4, -0.2) is 11.4 Å². The number of anilines is 1. The van der Waals surface area contributed by atoms with Crippen molar-refractivity contribution >= 4 is 12.1 Å². The van der Waals surface area contributed by atoms with Gasteiger partial charge in [-0.05, 0) is 13.5 Å². The van der Waals surface area contributed by atoms with E-state index >= 15 is 0 Å². The molecule has 4 heteroatoms. The molecule has 0 fully saturated rings. The molecule has 0 unspecified atom stereocenters. The first-order valence-corrected chi connectivity index (χ1v) is 3.17. The van der Waals surface area contributed by atoms with E-state index in [0.717, 1.165) is 11.3 Å². The van der Waals surface area contributed by atoms with Crippen molar-refractivity contribution in [1.29, 1.82) is 0 Å². The van der Waals surface area contributed by atoms with Crippen LogP contribution in [0.4, 0.5) is 5.88 Å². The summed E-state index contributed by atoms with van der Waals surface area (Å²) >= 11 is 0. The van der Waals surface area contributed by atoms with Crippen molar-refractivity contribution in [3.05, 3.63) is 24.0 Å². The smallest absolute Gasteiger partial charge is 0.235 e. The van der Waals surface area contributed by atoms with E-state index in [0.29, 0.717) is 5.88 Å². The Bertz CT molecular complexity index is 268. The molecule has 4 nitrogen and oxygen atoms in total. The van der Waals surface area contributed by atoms with E-state index in [-0.39, 0.29) is 0 Å². The van der Waals surface area contributed by atoms with Crippen LogP contribution < -0.4 is 10.7 Å². The molecular formula is C7H10N3O+. The standard InChI is InChI=1S/C7H9N3O/c1-3-9-4-6-5(2)10-11-7(6)8/h3-4H,1,8H2,2H3/p+1. The van der Waals surface area contributed by atoms with Crippen LogP contribution in [0.5, 0.6) is 0 Å². The first kappa shape index (κ1) is 7.53. The minimum absolute atomic E-state index is 0.317. The predicted molar refractivity (Wildman–Crippen MR) is 42.0 cm³/mol. The molecule has 1 aromatic heterocycles. The zero-order valence-corrected chi connectivity index (χ0v) is 6.29. The van der Waals surface area contributed by atoms with Gasteiger partial charge in [0.05, 0.1) is 5.69 Å². The highest BCUT2D eigenvalue weighted by atomic mass is 16.5. The maximum absolute atomic E-state index is 5.45. The van der Waals surface area contributed by atoms with Gasteiger partial charge in [-0.15, -0.1) is 0 Å². The second kappa shape index (κ2) is 3.01. The fraction of sp³-hybridized carbons (Fsp3) is 0.143. The molecule has 0 aliphatic heterocycles. The quantitative estimate of drug-likeness (QED) is 0.546. The van der Waals surface area contributed by atoms with E-state index in [1.165, 1.54) is 0 Å². The molecule has 0 amide bonds. The summed E-state index contributed by atoms with van der Waals surface area (Å²) in [7, 11) is 0. The van der Waals surface area contributed by atoms with Crippen molar-refractivity contribution in [3.8, 4) is 0 Å². The van der Waals surface area contributed by atoms with Gasteiger partial charge >= 0.3 is 0 Å². The summed E-state index contributed by atoms with van der Waals surface area (Å²) in [5.74, 6) is 0.317. The molecule has 11 heavy (non-hydrogen) atoms. The van der Waals surface area contributed by atoms with Crippen LogP contribution >= 0.6 is 0 Å². The first-order chi connectivity index (χ1) is 5.25. The average Bonchev–Trinajstić information content (AvgIpc) is 2.29. The lowest BCUT2D eigenvalue weighted by atomic mass is 10.3. The van der Waals surface area contributed by atoms with E-state index in [1.807, 2.05) is 6.92 Å². The highest BCUT2D eigenvalue weighted by Gasteiger charge is 2.08. The van der Waals surface area contributed by atoms with Crippen LogP contribution in [0, 0.1) is 6.92 Å². The van der Waals surface area contributed by atoms with Gasteiger partial charge in [-0.2, -0.15) is 0 Å². The van der Waals surface area contributed by atoms with Gasteiger partial charge in [0.1, 0.15) is 5.56 Å². The average molecular weight is 152 g/mol. The Labute approximate surface area is 64.4 Å². The Balaban J connectivity index is 3.00. The van der Waals surface area contributed by atoms with Gasteiger partial charge in [0, 0.05) is 0 Å². The number of aryl methyl sites for hydroxylation is 1. The van der Waals surface area contributed by atoms with Gasteiger partial charge in [-0.3, -0.25) is 0 Å². The van der Waals surface area contributed by atoms with E-state index in [4.69, 9.17) is 10.3 Å². The number of aromatic nitrogens is 1. The van der Waals surface area contributed by atoms with E-state index in [1.54, 1.807) is 12.4 Å². The molecule has 0 aliphatic carbocycles. The van der Waals surface area contributed by atoms with Gasteiger partial charge in [-0.25, -0.2) is 4.99 Å². The molecule has 1 heterocycles. The molecule has 0 saturated heterocycles. The monoisotopic (exact) mass is 152 g/mol. The summed E-state index contributed by atoms with van der Waals surface area (Å²) in [6, 6.07) is 0. The maximum atomic E-state index is 5.45. The number of nitrogens with one attached hydrogen (secondary N) is 1. The van der Waals surface area contributed by atoms with Crippen molar-refractivity contribution < 1.29 is 9.52 Å². The minimum atomic E-state index is 0.317. The molecule has 3 N–H and O–H groups in total. The van der Waals surface area contributed by atoms with Gasteiger partial charge in [-0.1, -0.05) is 5.16 Å². The number of nitrogen functional groups attached to an aromatic ring is 1. The maximum Gasteiger partial charge on any atom is 0.235 e. The molecule has 0 spiro atoms. The first-order valence-electron chi connectivity index (χ1n) is 3.17. The second-order valence-corrected chi connectivity index (χ2v) is 2.06. The van der Waals surface area contributed by atoms with Crippen LogP contribution in [0.15, 0.2) is 17.3 Å². The highest BCUT2D eigenvalue weighted by Crippen LogP contribution is 2.10. The van der Waals surface area contributed by atoms with Crippen molar-refractivity contribution in [2.24, 2.45) is 0 Å². The normalized spacial score (nSPS) is 10.6. The Morgan fingerprint density at radius 3 is 2.91 bits per heavy atom. The molecule has 0 aliphatic rings. The summed E-state index contributed by atoms with van der Waals surface area (Å²) in [5.41, 5.74) is 6.98. The SMILES string of the molecule is C=C[NH+]=Cc1c(C)noc1N. The summed E-state index contributed by atoms with van der Waals surface area (Å²) in [6.45, 7) is 5.30. The zero-order valence-electron chi connectivity index (χ0n) is 6.29. The third-order valence-corrected chi connectivity index (χ3v) is 1.28. The molecule has 0 aromatic carbocycles. The van der Waals surface area contributed by atoms with Crippen molar-refractivity contribution in [1.82, 2.24) is 5.16 Å². The van der Waals surface area contributed by atoms with E-state index < -0.39 is 0 Å². The van der Waals surface area contributed by atoms with Crippen LogP contribution in [0.1, 0.15) is 11.3 Å². The molecule has 0 saturated carbocycles. The van der Waals surface area contributed by atoms with Crippen LogP contribution in [0.2, 0.25) is 0 Å². The Morgan fingerprint density at radius 2 is 2.45 bits per heavy atom. The molecule has 0 bridgehead atoms. The van der Waals surface area contributed by atoms with Crippen molar-refractivity contribution in [3.63, 3.8) is 0 Å². The van der Waals surface area contributed by atoms with Crippen LogP contribution in [0.25, 0.3) is 0 Å². The van der Waals surface area contributed by atoms with Crippen molar-refractivity contribution in [2.45, 2.75) is 6.92 Å². The summed E-state index contributed by atoms with van der Waals surface area (Å²) in [4.78, 5) is 2.79. The largest absolute Gasteiger partial charge is 0.367 e. The van der Waals surface area contributed by atoms with E-state index in [9.17, 15) is 0 Å². The van der Waals surface area contributed by atoms with Gasteiger partial charge in [0.15, 0.2) is 12.4 Å². The van der Waals surface area contributed by atoms with Gasteiger partial charge < -0.3 is 10.3 Å². The molecule has 1 rings (SSSR count). The van der Waals surface area contributed by atoms with Gasteiger partial charge in [0.2, 0.25) is 5.88 Å². The number of nitrogens with zero attached hydrogens (tertiary/aromatic N) is 1. The number of nitrogens with two attached hydrogens (primary N) is 1. The fourth-order valence-electron chi connectivity index (χ4n) is 0.712. The topological polar surface area (TPSA) is 66.0 Å². The summed E-state index contributed by atoms with van der Waals surface area (Å²) in [6.07, 6.45) is 3.24. The summed E-state index contributed by atoms with van der Waals surface area (Å²) < 4.78 is 4.71. The van der Waals surface area contributed by atoms with Crippen LogP contribution in [0.3, 0.4) is 0 Å². The second-order valence-electron chi connectivity index (χ2n) is 2.06. The molecule has 58 valence electrons. The highest BCUT2D eigenvalue weighted by molar-refractivity contribution is 5.82. The summed E-state index contributed by atoms with van der Waals surface area (Å²) in [5, 5.41) is 3.66. The number of hydrogen-bond donors (Lipinski definition) is 2. The minimum Gasteiger partial charge on any atom is -0.367 e. The number of rotatable bonds is 2. The van der Waals surface area contributed by atoms with E-state index in [2.05, 4.69) is 16.7 Å². The van der Waals surface area contributed by atoms with Crippen LogP contribution in [-0.2, 0) is 0 Å². The lowest BCUT2D eigenvalue weighted by Crippen LogP contribution is -2.61. The predicted octanol–water partition coefficient (Wildman–Crippen LogP) is -0.792. The third-order valence-electron chi connectivity index (χ3n) is 1.28. The number of hydrogen-bond acceptors (Lipinski definition) is 3.